The van der Waals surface area contributed by atoms with Crippen molar-refractivity contribution in [3.63, 3.8) is 0 Å². The Morgan fingerprint density at radius 2 is 1.85 bits per heavy atom. The summed E-state index contributed by atoms with van der Waals surface area (Å²) in [5.74, 6) is 0.655. The van der Waals surface area contributed by atoms with E-state index in [0.717, 1.165) is 56.2 Å². The SMILES string of the molecule is CN1CCN(c2cc(C(=O)N3CCCC3c3cccc(Cc4ccccc4F)n3)ccn2)CC1. The van der Waals surface area contributed by atoms with Crippen LogP contribution in [0.2, 0.25) is 0 Å². The quantitative estimate of drug-likeness (QED) is 0.579. The molecule has 7 heteroatoms. The Morgan fingerprint density at radius 1 is 1.03 bits per heavy atom. The van der Waals surface area contributed by atoms with Crippen LogP contribution in [0, 0.1) is 5.82 Å². The molecule has 3 aromatic rings. The van der Waals surface area contributed by atoms with Gasteiger partial charge in [0.25, 0.3) is 5.91 Å². The highest BCUT2D eigenvalue weighted by Gasteiger charge is 2.32. The number of hydrogen-bond donors (Lipinski definition) is 0. The molecule has 4 heterocycles. The number of rotatable bonds is 5. The molecule has 1 aromatic carbocycles. The summed E-state index contributed by atoms with van der Waals surface area (Å²) in [6.07, 6.45) is 3.98. The van der Waals surface area contributed by atoms with Gasteiger partial charge in [0.15, 0.2) is 0 Å². The van der Waals surface area contributed by atoms with Crippen molar-refractivity contribution in [2.24, 2.45) is 0 Å². The smallest absolute Gasteiger partial charge is 0.254 e. The van der Waals surface area contributed by atoms with E-state index in [0.29, 0.717) is 24.1 Å². The number of likely N-dealkylation sites (tertiary alicyclic amines) is 1. The van der Waals surface area contributed by atoms with Crippen LogP contribution in [0.1, 0.15) is 46.2 Å². The van der Waals surface area contributed by atoms with Gasteiger partial charge in [-0.1, -0.05) is 24.3 Å². The monoisotopic (exact) mass is 459 g/mol. The molecule has 176 valence electrons. The minimum Gasteiger partial charge on any atom is -0.354 e. The summed E-state index contributed by atoms with van der Waals surface area (Å²) in [5.41, 5.74) is 2.97. The van der Waals surface area contributed by atoms with Crippen molar-refractivity contribution < 1.29 is 9.18 Å². The standard InChI is InChI=1S/C27H30FN5O/c1-31-14-16-32(17-15-31)26-19-21(11-12-29-26)27(34)33-13-5-10-25(33)24-9-4-7-22(30-24)18-20-6-2-3-8-23(20)28/h2-4,6-9,11-12,19,25H,5,10,13-18H2,1H3. The molecule has 5 rings (SSSR count). The van der Waals surface area contributed by atoms with Gasteiger partial charge in [-0.2, -0.15) is 0 Å². The second-order valence-electron chi connectivity index (χ2n) is 9.17. The number of piperazine rings is 1. The number of anilines is 1. The highest BCUT2D eigenvalue weighted by molar-refractivity contribution is 5.95. The van der Waals surface area contributed by atoms with E-state index in [1.165, 1.54) is 6.07 Å². The molecule has 1 atom stereocenters. The molecule has 1 unspecified atom stereocenters. The first-order chi connectivity index (χ1) is 16.6. The van der Waals surface area contributed by atoms with Crippen molar-refractivity contribution in [3.8, 4) is 0 Å². The maximum absolute atomic E-state index is 14.1. The molecule has 2 aliphatic heterocycles. The van der Waals surface area contributed by atoms with Gasteiger partial charge in [0.1, 0.15) is 11.6 Å². The Morgan fingerprint density at radius 3 is 2.68 bits per heavy atom. The largest absolute Gasteiger partial charge is 0.354 e. The first kappa shape index (κ1) is 22.5. The molecule has 1 amide bonds. The zero-order valence-corrected chi connectivity index (χ0v) is 19.5. The van der Waals surface area contributed by atoms with E-state index in [1.807, 2.05) is 35.2 Å². The van der Waals surface area contributed by atoms with Crippen molar-refractivity contribution in [1.82, 2.24) is 19.8 Å². The van der Waals surface area contributed by atoms with Crippen molar-refractivity contribution in [3.05, 3.63) is 89.1 Å². The molecule has 0 saturated carbocycles. The minimum absolute atomic E-state index is 0.0154. The summed E-state index contributed by atoms with van der Waals surface area (Å²) in [5, 5.41) is 0. The van der Waals surface area contributed by atoms with Crippen LogP contribution in [0.15, 0.2) is 60.8 Å². The normalized spacial score (nSPS) is 18.9. The second-order valence-corrected chi connectivity index (χ2v) is 9.17. The van der Waals surface area contributed by atoms with Crippen LogP contribution in [0.5, 0.6) is 0 Å². The van der Waals surface area contributed by atoms with Crippen LogP contribution in [0.25, 0.3) is 0 Å². The predicted octanol–water partition coefficient (Wildman–Crippen LogP) is 3.94. The Bertz CT molecular complexity index is 1160. The van der Waals surface area contributed by atoms with Gasteiger partial charge in [0, 0.05) is 56.6 Å². The summed E-state index contributed by atoms with van der Waals surface area (Å²) in [7, 11) is 2.12. The van der Waals surface area contributed by atoms with Crippen LogP contribution in [-0.4, -0.2) is 65.4 Å². The number of carbonyl (C=O) groups is 1. The van der Waals surface area contributed by atoms with E-state index < -0.39 is 0 Å². The lowest BCUT2D eigenvalue weighted by atomic mass is 10.1. The first-order valence-electron chi connectivity index (χ1n) is 12.0. The maximum atomic E-state index is 14.1. The van der Waals surface area contributed by atoms with Crippen molar-refractivity contribution in [2.75, 3.05) is 44.7 Å². The molecule has 2 aliphatic rings. The minimum atomic E-state index is -0.221. The average Bonchev–Trinajstić information content (AvgIpc) is 3.36. The zero-order valence-electron chi connectivity index (χ0n) is 19.5. The van der Waals surface area contributed by atoms with Gasteiger partial charge >= 0.3 is 0 Å². The van der Waals surface area contributed by atoms with E-state index in [1.54, 1.807) is 24.4 Å². The van der Waals surface area contributed by atoms with Crippen LogP contribution in [0.3, 0.4) is 0 Å². The number of halogens is 1. The molecule has 2 fully saturated rings. The number of hydrogen-bond acceptors (Lipinski definition) is 5. The topological polar surface area (TPSA) is 52.6 Å². The summed E-state index contributed by atoms with van der Waals surface area (Å²) in [6.45, 7) is 4.50. The first-order valence-corrected chi connectivity index (χ1v) is 12.0. The molecule has 6 nitrogen and oxygen atoms in total. The maximum Gasteiger partial charge on any atom is 0.254 e. The molecule has 0 N–H and O–H groups in total. The molecular formula is C27H30FN5O. The third-order valence-corrected chi connectivity index (χ3v) is 6.83. The third-order valence-electron chi connectivity index (χ3n) is 6.83. The van der Waals surface area contributed by atoms with Crippen LogP contribution in [-0.2, 0) is 6.42 Å². The zero-order chi connectivity index (χ0) is 23.5. The summed E-state index contributed by atoms with van der Waals surface area (Å²) >= 11 is 0. The highest BCUT2D eigenvalue weighted by Crippen LogP contribution is 2.33. The number of benzene rings is 1. The van der Waals surface area contributed by atoms with Gasteiger partial charge in [0.05, 0.1) is 11.7 Å². The number of aromatic nitrogens is 2. The van der Waals surface area contributed by atoms with Crippen LogP contribution < -0.4 is 4.90 Å². The number of carbonyl (C=O) groups excluding carboxylic acids is 1. The molecule has 2 saturated heterocycles. The van der Waals surface area contributed by atoms with Gasteiger partial charge in [0.2, 0.25) is 0 Å². The molecular weight excluding hydrogens is 429 g/mol. The Kier molecular flexibility index (Phi) is 6.54. The Hall–Kier alpha value is -3.32. The predicted molar refractivity (Wildman–Crippen MR) is 130 cm³/mol. The summed E-state index contributed by atoms with van der Waals surface area (Å²) in [6, 6.07) is 16.3. The third kappa shape index (κ3) is 4.80. The highest BCUT2D eigenvalue weighted by atomic mass is 19.1. The fourth-order valence-electron chi connectivity index (χ4n) is 4.86. The number of pyridine rings is 2. The van der Waals surface area contributed by atoms with Gasteiger partial charge in [-0.15, -0.1) is 0 Å². The molecule has 0 spiro atoms. The number of likely N-dealkylation sites (N-methyl/N-ethyl adjacent to an activating group) is 1. The van der Waals surface area contributed by atoms with Crippen molar-refractivity contribution in [1.29, 1.82) is 0 Å². The lowest BCUT2D eigenvalue weighted by molar-refractivity contribution is 0.0732. The van der Waals surface area contributed by atoms with E-state index in [2.05, 4.69) is 21.8 Å². The lowest BCUT2D eigenvalue weighted by Gasteiger charge is -2.33. The fraction of sp³-hybridized carbons (Fsp3) is 0.370. The van der Waals surface area contributed by atoms with E-state index in [-0.39, 0.29) is 17.8 Å². The van der Waals surface area contributed by atoms with Crippen LogP contribution >= 0.6 is 0 Å². The molecule has 34 heavy (non-hydrogen) atoms. The van der Waals surface area contributed by atoms with E-state index >= 15 is 0 Å². The molecule has 0 radical (unpaired) electrons. The van der Waals surface area contributed by atoms with Crippen LogP contribution in [0.4, 0.5) is 10.2 Å². The molecule has 0 aliphatic carbocycles. The lowest BCUT2D eigenvalue weighted by Crippen LogP contribution is -2.44. The van der Waals surface area contributed by atoms with E-state index in [9.17, 15) is 9.18 Å². The number of nitrogens with zero attached hydrogens (tertiary/aromatic N) is 5. The van der Waals surface area contributed by atoms with E-state index in [4.69, 9.17) is 4.98 Å². The Balaban J connectivity index is 1.34. The van der Waals surface area contributed by atoms with Gasteiger partial charge in [-0.3, -0.25) is 9.78 Å². The van der Waals surface area contributed by atoms with Crippen molar-refractivity contribution in [2.45, 2.75) is 25.3 Å². The Labute approximate surface area is 200 Å². The average molecular weight is 460 g/mol. The number of amides is 1. The summed E-state index contributed by atoms with van der Waals surface area (Å²) in [4.78, 5) is 29.4. The summed E-state index contributed by atoms with van der Waals surface area (Å²) < 4.78 is 14.1. The van der Waals surface area contributed by atoms with Gasteiger partial charge in [-0.25, -0.2) is 9.37 Å². The van der Waals surface area contributed by atoms with Gasteiger partial charge < -0.3 is 14.7 Å². The molecule has 2 aromatic heterocycles. The molecule has 0 bridgehead atoms. The second kappa shape index (κ2) is 9.89. The van der Waals surface area contributed by atoms with Gasteiger partial charge in [-0.05, 0) is 55.8 Å². The van der Waals surface area contributed by atoms with Crippen molar-refractivity contribution >= 4 is 11.7 Å². The fourth-order valence-corrected chi connectivity index (χ4v) is 4.86.